The maximum atomic E-state index is 10.8. The lowest BCUT2D eigenvalue weighted by Gasteiger charge is -2.03. The molecule has 82 valence electrons. The first kappa shape index (κ1) is 11.5. The van der Waals surface area contributed by atoms with Gasteiger partial charge in [-0.3, -0.25) is 4.89 Å². The van der Waals surface area contributed by atoms with Crippen LogP contribution in [-0.4, -0.2) is 12.8 Å². The zero-order valence-corrected chi connectivity index (χ0v) is 8.64. The van der Waals surface area contributed by atoms with Gasteiger partial charge in [0.05, 0.1) is 6.61 Å². The first-order chi connectivity index (χ1) is 7.33. The zero-order chi connectivity index (χ0) is 10.9. The summed E-state index contributed by atoms with van der Waals surface area (Å²) >= 11 is 0. The van der Waals surface area contributed by atoms with Crippen LogP contribution < -0.4 is 0 Å². The highest BCUT2D eigenvalue weighted by atomic mass is 17.2. The van der Waals surface area contributed by atoms with E-state index in [0.717, 1.165) is 12.0 Å². The minimum atomic E-state index is -0.798. The molecular weight excluding hydrogens is 196 g/mol. The minimum Gasteiger partial charge on any atom is -0.432 e. The molecule has 0 aliphatic carbocycles. The molecule has 0 aliphatic heterocycles. The van der Waals surface area contributed by atoms with Crippen molar-refractivity contribution in [1.82, 2.24) is 0 Å². The van der Waals surface area contributed by atoms with Crippen LogP contribution in [0.5, 0.6) is 0 Å². The molecule has 0 amide bonds. The summed E-state index contributed by atoms with van der Waals surface area (Å²) in [7, 11) is 0. The number of benzene rings is 1. The lowest BCUT2D eigenvalue weighted by molar-refractivity contribution is -0.264. The largest absolute Gasteiger partial charge is 0.540 e. The molecule has 0 spiro atoms. The first-order valence-electron chi connectivity index (χ1n) is 4.83. The first-order valence-corrected chi connectivity index (χ1v) is 4.83. The number of ether oxygens (including phenoxy) is 1. The highest BCUT2D eigenvalue weighted by molar-refractivity contribution is 5.58. The van der Waals surface area contributed by atoms with Crippen molar-refractivity contribution >= 4 is 6.16 Å². The van der Waals surface area contributed by atoms with Gasteiger partial charge < -0.3 is 4.74 Å². The van der Waals surface area contributed by atoms with Crippen LogP contribution >= 0.6 is 0 Å². The summed E-state index contributed by atoms with van der Waals surface area (Å²) in [5.41, 5.74) is 0.931. The van der Waals surface area contributed by atoms with Crippen LogP contribution in [0.25, 0.3) is 0 Å². The van der Waals surface area contributed by atoms with Gasteiger partial charge in [0.2, 0.25) is 0 Å². The van der Waals surface area contributed by atoms with E-state index in [9.17, 15) is 4.79 Å². The van der Waals surface area contributed by atoms with E-state index in [1.807, 2.05) is 37.3 Å². The monoisotopic (exact) mass is 210 g/mol. The average Bonchev–Trinajstić information content (AvgIpc) is 2.28. The third-order valence-corrected chi connectivity index (χ3v) is 1.62. The summed E-state index contributed by atoms with van der Waals surface area (Å²) in [6, 6.07) is 9.42. The van der Waals surface area contributed by atoms with E-state index >= 15 is 0 Å². The molecule has 0 heterocycles. The van der Waals surface area contributed by atoms with Gasteiger partial charge in [0.15, 0.2) is 0 Å². The Bertz CT molecular complexity index is 284. The van der Waals surface area contributed by atoms with Crippen LogP contribution in [0, 0.1) is 0 Å². The van der Waals surface area contributed by atoms with Gasteiger partial charge in [0.1, 0.15) is 6.61 Å². The van der Waals surface area contributed by atoms with Gasteiger partial charge in [-0.25, -0.2) is 4.79 Å². The lowest BCUT2D eigenvalue weighted by atomic mass is 10.2. The molecule has 0 atom stereocenters. The fraction of sp³-hybridized carbons (Fsp3) is 0.364. The summed E-state index contributed by atoms with van der Waals surface area (Å²) in [5, 5.41) is 0. The van der Waals surface area contributed by atoms with Crippen molar-refractivity contribution in [2.24, 2.45) is 0 Å². The van der Waals surface area contributed by atoms with Crippen molar-refractivity contribution in [2.45, 2.75) is 20.0 Å². The Morgan fingerprint density at radius 2 is 2.00 bits per heavy atom. The maximum Gasteiger partial charge on any atom is 0.540 e. The molecular formula is C11H14O4. The fourth-order valence-corrected chi connectivity index (χ4v) is 0.929. The molecule has 0 bridgehead atoms. The number of carbonyl (C=O) groups is 1. The minimum absolute atomic E-state index is 0.224. The molecule has 4 heteroatoms. The van der Waals surface area contributed by atoms with Crippen LogP contribution in [-0.2, 0) is 21.1 Å². The molecule has 0 radical (unpaired) electrons. The Hall–Kier alpha value is -1.55. The van der Waals surface area contributed by atoms with Crippen molar-refractivity contribution in [3.05, 3.63) is 35.9 Å². The lowest BCUT2D eigenvalue weighted by Crippen LogP contribution is -2.08. The summed E-state index contributed by atoms with van der Waals surface area (Å²) in [5.74, 6) is 0. The molecule has 0 saturated carbocycles. The second-order valence-corrected chi connectivity index (χ2v) is 2.93. The summed E-state index contributed by atoms with van der Waals surface area (Å²) in [4.78, 5) is 19.9. The number of hydrogen-bond donors (Lipinski definition) is 0. The van der Waals surface area contributed by atoms with Crippen molar-refractivity contribution in [1.29, 1.82) is 0 Å². The Balaban J connectivity index is 2.14. The Labute approximate surface area is 88.7 Å². The molecule has 1 aromatic carbocycles. The van der Waals surface area contributed by atoms with Gasteiger partial charge in [-0.15, -0.1) is 0 Å². The standard InChI is InChI=1S/C11H14O4/c1-2-8-13-11(12)15-14-9-10-6-4-3-5-7-10/h3-7H,2,8-9H2,1H3. The second-order valence-electron chi connectivity index (χ2n) is 2.93. The Morgan fingerprint density at radius 3 is 2.67 bits per heavy atom. The van der Waals surface area contributed by atoms with Crippen molar-refractivity contribution in [3.63, 3.8) is 0 Å². The average molecular weight is 210 g/mol. The van der Waals surface area contributed by atoms with E-state index in [1.54, 1.807) is 0 Å². The van der Waals surface area contributed by atoms with Gasteiger partial charge in [-0.05, 0) is 12.0 Å². The summed E-state index contributed by atoms with van der Waals surface area (Å²) in [6.07, 6.45) is -0.0406. The molecule has 0 fully saturated rings. The molecule has 1 rings (SSSR count). The molecule has 4 nitrogen and oxygen atoms in total. The Kier molecular flexibility index (Phi) is 5.25. The normalized spacial score (nSPS) is 9.67. The van der Waals surface area contributed by atoms with E-state index < -0.39 is 6.16 Å². The molecule has 0 aromatic heterocycles. The van der Waals surface area contributed by atoms with Gasteiger partial charge in [-0.1, -0.05) is 37.3 Å². The highest BCUT2D eigenvalue weighted by Gasteiger charge is 2.03. The summed E-state index contributed by atoms with van der Waals surface area (Å²) in [6.45, 7) is 2.47. The number of carbonyl (C=O) groups excluding carboxylic acids is 1. The van der Waals surface area contributed by atoms with Crippen LogP contribution in [0.4, 0.5) is 4.79 Å². The van der Waals surface area contributed by atoms with Crippen LogP contribution in [0.3, 0.4) is 0 Å². The predicted molar refractivity (Wildman–Crippen MR) is 54.0 cm³/mol. The molecule has 0 saturated heterocycles. The van der Waals surface area contributed by atoms with E-state index in [-0.39, 0.29) is 6.61 Å². The molecule has 0 aliphatic rings. The van der Waals surface area contributed by atoms with Gasteiger partial charge in [0.25, 0.3) is 0 Å². The Morgan fingerprint density at radius 1 is 1.27 bits per heavy atom. The smallest absolute Gasteiger partial charge is 0.432 e. The topological polar surface area (TPSA) is 44.8 Å². The van der Waals surface area contributed by atoms with Crippen molar-refractivity contribution in [3.8, 4) is 0 Å². The van der Waals surface area contributed by atoms with Crippen LogP contribution in [0.1, 0.15) is 18.9 Å². The van der Waals surface area contributed by atoms with Crippen LogP contribution in [0.2, 0.25) is 0 Å². The van der Waals surface area contributed by atoms with Crippen molar-refractivity contribution < 1.29 is 19.3 Å². The van der Waals surface area contributed by atoms with E-state index in [1.165, 1.54) is 0 Å². The third-order valence-electron chi connectivity index (χ3n) is 1.62. The molecule has 0 unspecified atom stereocenters. The van der Waals surface area contributed by atoms with E-state index in [4.69, 9.17) is 4.89 Å². The summed E-state index contributed by atoms with van der Waals surface area (Å²) < 4.78 is 4.64. The highest BCUT2D eigenvalue weighted by Crippen LogP contribution is 2.01. The molecule has 15 heavy (non-hydrogen) atoms. The quantitative estimate of drug-likeness (QED) is 0.426. The van der Waals surface area contributed by atoms with Crippen molar-refractivity contribution in [2.75, 3.05) is 6.61 Å². The van der Waals surface area contributed by atoms with Gasteiger partial charge in [0, 0.05) is 0 Å². The van der Waals surface area contributed by atoms with Gasteiger partial charge >= 0.3 is 6.16 Å². The fourth-order valence-electron chi connectivity index (χ4n) is 0.929. The number of rotatable bonds is 5. The molecule has 1 aromatic rings. The third kappa shape index (κ3) is 5.02. The predicted octanol–water partition coefficient (Wildman–Crippen LogP) is 2.68. The van der Waals surface area contributed by atoms with E-state index in [0.29, 0.717) is 6.61 Å². The second kappa shape index (κ2) is 6.84. The maximum absolute atomic E-state index is 10.8. The van der Waals surface area contributed by atoms with Gasteiger partial charge in [-0.2, -0.15) is 4.89 Å². The van der Waals surface area contributed by atoms with E-state index in [2.05, 4.69) is 9.62 Å². The SMILES string of the molecule is CCCOC(=O)OOCc1ccccc1. The zero-order valence-electron chi connectivity index (χ0n) is 8.64. The number of hydrogen-bond acceptors (Lipinski definition) is 4. The van der Waals surface area contributed by atoms with Crippen LogP contribution in [0.15, 0.2) is 30.3 Å². The molecule has 0 N–H and O–H groups in total.